The van der Waals surface area contributed by atoms with Gasteiger partial charge in [-0.3, -0.25) is 4.79 Å². The second-order valence-corrected chi connectivity index (χ2v) is 8.14. The molecule has 1 aliphatic heterocycles. The minimum Gasteiger partial charge on any atom is -0.378 e. The van der Waals surface area contributed by atoms with E-state index in [1.54, 1.807) is 11.3 Å². The molecule has 1 fully saturated rings. The molecule has 1 amide bonds. The number of ether oxygens (including phenoxy) is 1. The highest BCUT2D eigenvalue weighted by molar-refractivity contribution is 7.15. The standard InChI is InChI=1S/C21H22N2O2S/c1-13-10-14(2)20-16(11-13)17(21(24)23-6-8-25-9-7-23)12-18(22-20)19-5-4-15(3)26-19/h4-5,10-12H,6-9H2,1-3H3. The monoisotopic (exact) mass is 366 g/mol. The second kappa shape index (κ2) is 6.82. The number of amides is 1. The van der Waals surface area contributed by atoms with Crippen molar-refractivity contribution in [2.45, 2.75) is 20.8 Å². The first-order valence-electron chi connectivity index (χ1n) is 8.89. The van der Waals surface area contributed by atoms with E-state index in [4.69, 9.17) is 9.72 Å². The van der Waals surface area contributed by atoms with Crippen LogP contribution in [0.4, 0.5) is 0 Å². The van der Waals surface area contributed by atoms with Crippen LogP contribution in [-0.4, -0.2) is 42.1 Å². The molecule has 0 unspecified atom stereocenters. The summed E-state index contributed by atoms with van der Waals surface area (Å²) >= 11 is 1.71. The summed E-state index contributed by atoms with van der Waals surface area (Å²) in [7, 11) is 0. The van der Waals surface area contributed by atoms with E-state index in [-0.39, 0.29) is 5.91 Å². The van der Waals surface area contributed by atoms with E-state index in [0.717, 1.165) is 38.2 Å². The van der Waals surface area contributed by atoms with Gasteiger partial charge in [0.1, 0.15) is 0 Å². The Morgan fingerprint density at radius 1 is 1.12 bits per heavy atom. The number of thiophene rings is 1. The van der Waals surface area contributed by atoms with Crippen molar-refractivity contribution in [3.05, 3.63) is 51.9 Å². The molecule has 3 heterocycles. The van der Waals surface area contributed by atoms with Crippen molar-refractivity contribution in [2.24, 2.45) is 0 Å². The van der Waals surface area contributed by atoms with Gasteiger partial charge in [0, 0.05) is 23.4 Å². The Hall–Kier alpha value is -2.24. The van der Waals surface area contributed by atoms with E-state index in [0.29, 0.717) is 26.3 Å². The van der Waals surface area contributed by atoms with Gasteiger partial charge >= 0.3 is 0 Å². The van der Waals surface area contributed by atoms with Crippen molar-refractivity contribution in [3.8, 4) is 10.6 Å². The fraction of sp³-hybridized carbons (Fsp3) is 0.333. The summed E-state index contributed by atoms with van der Waals surface area (Å²) in [6.07, 6.45) is 0. The normalized spacial score (nSPS) is 14.8. The van der Waals surface area contributed by atoms with Crippen LogP contribution in [0.3, 0.4) is 0 Å². The Morgan fingerprint density at radius 2 is 1.88 bits per heavy atom. The molecule has 0 bridgehead atoms. The SMILES string of the molecule is Cc1cc(C)c2nc(-c3ccc(C)s3)cc(C(=O)N3CCOCC3)c2c1. The van der Waals surface area contributed by atoms with Crippen LogP contribution < -0.4 is 0 Å². The van der Waals surface area contributed by atoms with E-state index in [1.165, 1.54) is 4.88 Å². The quantitative estimate of drug-likeness (QED) is 0.677. The first kappa shape index (κ1) is 17.2. The van der Waals surface area contributed by atoms with E-state index in [1.807, 2.05) is 11.0 Å². The molecule has 0 N–H and O–H groups in total. The Bertz CT molecular complexity index is 987. The van der Waals surface area contributed by atoms with Crippen LogP contribution in [0.5, 0.6) is 0 Å². The van der Waals surface area contributed by atoms with Crippen molar-refractivity contribution < 1.29 is 9.53 Å². The van der Waals surface area contributed by atoms with Crippen molar-refractivity contribution in [1.82, 2.24) is 9.88 Å². The van der Waals surface area contributed by atoms with Crippen molar-refractivity contribution in [2.75, 3.05) is 26.3 Å². The number of nitrogens with zero attached hydrogens (tertiary/aromatic N) is 2. The third-order valence-corrected chi connectivity index (χ3v) is 5.79. The van der Waals surface area contributed by atoms with Gasteiger partial charge in [0.2, 0.25) is 0 Å². The third-order valence-electron chi connectivity index (χ3n) is 4.77. The highest BCUT2D eigenvalue weighted by Gasteiger charge is 2.22. The Kier molecular flexibility index (Phi) is 4.51. The number of carbonyl (C=O) groups is 1. The maximum absolute atomic E-state index is 13.3. The van der Waals surface area contributed by atoms with Gasteiger partial charge in [0.25, 0.3) is 5.91 Å². The Labute approximate surface area is 157 Å². The lowest BCUT2D eigenvalue weighted by Crippen LogP contribution is -2.40. The number of aryl methyl sites for hydroxylation is 3. The van der Waals surface area contributed by atoms with E-state index in [2.05, 4.69) is 45.0 Å². The molecule has 4 rings (SSSR count). The van der Waals surface area contributed by atoms with Crippen molar-refractivity contribution >= 4 is 28.1 Å². The summed E-state index contributed by atoms with van der Waals surface area (Å²) in [6, 6.07) is 10.3. The lowest BCUT2D eigenvalue weighted by atomic mass is 10.0. The Balaban J connectivity index is 1.92. The van der Waals surface area contributed by atoms with E-state index < -0.39 is 0 Å². The molecule has 0 atom stereocenters. The van der Waals surface area contributed by atoms with Gasteiger partial charge in [-0.05, 0) is 50.6 Å². The molecule has 2 aromatic heterocycles. The van der Waals surface area contributed by atoms with Gasteiger partial charge in [-0.1, -0.05) is 11.6 Å². The van der Waals surface area contributed by atoms with Gasteiger partial charge in [0.15, 0.2) is 0 Å². The van der Waals surface area contributed by atoms with Crippen LogP contribution in [0.15, 0.2) is 30.3 Å². The lowest BCUT2D eigenvalue weighted by Gasteiger charge is -2.27. The highest BCUT2D eigenvalue weighted by atomic mass is 32.1. The maximum atomic E-state index is 13.3. The van der Waals surface area contributed by atoms with E-state index in [9.17, 15) is 4.79 Å². The number of morpholine rings is 1. The zero-order chi connectivity index (χ0) is 18.3. The summed E-state index contributed by atoms with van der Waals surface area (Å²) in [5.74, 6) is 0.0697. The van der Waals surface area contributed by atoms with Gasteiger partial charge < -0.3 is 9.64 Å². The maximum Gasteiger partial charge on any atom is 0.254 e. The topological polar surface area (TPSA) is 42.4 Å². The second-order valence-electron chi connectivity index (χ2n) is 6.85. The molecule has 4 nitrogen and oxygen atoms in total. The molecule has 134 valence electrons. The average Bonchev–Trinajstić information content (AvgIpc) is 3.07. The number of benzene rings is 1. The summed E-state index contributed by atoms with van der Waals surface area (Å²) in [5, 5.41) is 0.941. The summed E-state index contributed by atoms with van der Waals surface area (Å²) in [6.45, 7) is 8.69. The molecule has 0 radical (unpaired) electrons. The predicted molar refractivity (Wildman–Crippen MR) is 106 cm³/mol. The molecule has 1 aromatic carbocycles. The van der Waals surface area contributed by atoms with Crippen LogP contribution >= 0.6 is 11.3 Å². The zero-order valence-electron chi connectivity index (χ0n) is 15.3. The molecule has 0 aliphatic carbocycles. The smallest absolute Gasteiger partial charge is 0.254 e. The van der Waals surface area contributed by atoms with Gasteiger partial charge in [-0.25, -0.2) is 4.98 Å². The summed E-state index contributed by atoms with van der Waals surface area (Å²) in [5.41, 5.74) is 4.78. The molecular weight excluding hydrogens is 344 g/mol. The number of rotatable bonds is 2. The number of hydrogen-bond acceptors (Lipinski definition) is 4. The Morgan fingerprint density at radius 3 is 2.58 bits per heavy atom. The van der Waals surface area contributed by atoms with Crippen LogP contribution in [0.25, 0.3) is 21.5 Å². The molecular formula is C21H22N2O2S. The molecule has 0 spiro atoms. The molecule has 3 aromatic rings. The van der Waals surface area contributed by atoms with Crippen LogP contribution in [-0.2, 0) is 4.74 Å². The highest BCUT2D eigenvalue weighted by Crippen LogP contribution is 2.32. The van der Waals surface area contributed by atoms with Gasteiger partial charge in [0.05, 0.1) is 34.9 Å². The molecule has 1 saturated heterocycles. The average molecular weight is 366 g/mol. The molecule has 1 aliphatic rings. The van der Waals surface area contributed by atoms with Crippen LogP contribution in [0.2, 0.25) is 0 Å². The third kappa shape index (κ3) is 3.13. The largest absolute Gasteiger partial charge is 0.378 e. The minimum absolute atomic E-state index is 0.0697. The number of pyridine rings is 1. The first-order chi connectivity index (χ1) is 12.5. The number of aromatic nitrogens is 1. The molecule has 0 saturated carbocycles. The van der Waals surface area contributed by atoms with Crippen molar-refractivity contribution in [3.63, 3.8) is 0 Å². The number of carbonyl (C=O) groups excluding carboxylic acids is 1. The fourth-order valence-corrected chi connectivity index (χ4v) is 4.32. The van der Waals surface area contributed by atoms with Gasteiger partial charge in [-0.15, -0.1) is 11.3 Å². The predicted octanol–water partition coefficient (Wildman–Crippen LogP) is 4.36. The fourth-order valence-electron chi connectivity index (χ4n) is 3.49. The first-order valence-corrected chi connectivity index (χ1v) is 9.70. The lowest BCUT2D eigenvalue weighted by molar-refractivity contribution is 0.0304. The van der Waals surface area contributed by atoms with Gasteiger partial charge in [-0.2, -0.15) is 0 Å². The number of hydrogen-bond donors (Lipinski definition) is 0. The van der Waals surface area contributed by atoms with E-state index >= 15 is 0 Å². The molecule has 5 heteroatoms. The number of fused-ring (bicyclic) bond motifs is 1. The summed E-state index contributed by atoms with van der Waals surface area (Å²) < 4.78 is 5.40. The van der Waals surface area contributed by atoms with Crippen molar-refractivity contribution in [1.29, 1.82) is 0 Å². The summed E-state index contributed by atoms with van der Waals surface area (Å²) in [4.78, 5) is 22.4. The van der Waals surface area contributed by atoms with Crippen LogP contribution in [0, 0.1) is 20.8 Å². The minimum atomic E-state index is 0.0697. The zero-order valence-corrected chi connectivity index (χ0v) is 16.2. The molecule has 26 heavy (non-hydrogen) atoms. The van der Waals surface area contributed by atoms with Crippen LogP contribution in [0.1, 0.15) is 26.4 Å².